The maximum Gasteiger partial charge on any atom is 0.280 e. The van der Waals surface area contributed by atoms with Gasteiger partial charge in [-0.3, -0.25) is 19.1 Å². The number of halogens is 3. The minimum atomic E-state index is -1.11. The summed E-state index contributed by atoms with van der Waals surface area (Å²) in [7, 11) is 0. The van der Waals surface area contributed by atoms with E-state index in [2.05, 4.69) is 74.5 Å². The maximum absolute atomic E-state index is 13.6. The van der Waals surface area contributed by atoms with Crippen molar-refractivity contribution >= 4 is 69.7 Å². The monoisotopic (exact) mass is 736 g/mol. The van der Waals surface area contributed by atoms with Crippen LogP contribution in [0.3, 0.4) is 0 Å². The second kappa shape index (κ2) is 14.8. The van der Waals surface area contributed by atoms with Crippen LogP contribution in [0.1, 0.15) is 81.9 Å². The first kappa shape index (κ1) is 36.9. The van der Waals surface area contributed by atoms with Gasteiger partial charge in [-0.2, -0.15) is 10.1 Å². The van der Waals surface area contributed by atoms with Gasteiger partial charge < -0.3 is 15.4 Å². The lowest BCUT2D eigenvalue weighted by molar-refractivity contribution is -0.119. The smallest absolute Gasteiger partial charge is 0.280 e. The molecule has 1 atom stereocenters. The molecule has 3 amide bonds. The number of nitrogens with zero attached hydrogens (tertiary/aromatic N) is 4. The van der Waals surface area contributed by atoms with E-state index in [0.717, 1.165) is 23.4 Å². The van der Waals surface area contributed by atoms with Gasteiger partial charge in [-0.05, 0) is 71.7 Å². The van der Waals surface area contributed by atoms with Crippen LogP contribution in [0.25, 0.3) is 0 Å². The van der Waals surface area contributed by atoms with Crippen LogP contribution < -0.4 is 20.4 Å². The maximum atomic E-state index is 13.6. The first-order chi connectivity index (χ1) is 23.6. The Balaban J connectivity index is 1.32. The Labute approximate surface area is 306 Å². The molecule has 2 heterocycles. The van der Waals surface area contributed by atoms with E-state index in [9.17, 15) is 14.4 Å². The van der Waals surface area contributed by atoms with Gasteiger partial charge in [0.1, 0.15) is 11.4 Å². The Bertz CT molecular complexity index is 1940. The number of aromatic nitrogens is 2. The summed E-state index contributed by atoms with van der Waals surface area (Å²) < 4.78 is 7.44. The van der Waals surface area contributed by atoms with Gasteiger partial charge in [-0.15, -0.1) is 5.10 Å². The number of amides is 3. The number of ether oxygens (including phenoxy) is 1. The van der Waals surface area contributed by atoms with Crippen molar-refractivity contribution in [2.75, 3.05) is 16.9 Å². The van der Waals surface area contributed by atoms with Crippen molar-refractivity contribution in [3.8, 4) is 5.75 Å². The highest BCUT2D eigenvalue weighted by Gasteiger charge is 2.41. The van der Waals surface area contributed by atoms with Gasteiger partial charge in [-0.1, -0.05) is 94.5 Å². The van der Waals surface area contributed by atoms with Gasteiger partial charge in [0.25, 0.3) is 17.7 Å². The molecule has 0 saturated carbocycles. The number of hydrazone groups is 1. The lowest BCUT2D eigenvalue weighted by atomic mass is 9.76. The standard InChI is InChI=1S/C37H39Cl3N6O4/c1-7-36(3,4)23-13-14-29(26(18-23)37(5,6)8-2)50-21-30(47)42-25-12-9-11-22(17-25)34(48)43-33-32(45-16-10-15-41-45)35(49)46(44-33)31-27(39)19-24(38)20-28(31)40/h9-20,32H,7-8,21H2,1-6H3,(H,42,47)(H,43,44,48). The third kappa shape index (κ3) is 7.83. The molecule has 4 aromatic rings. The predicted octanol–water partition coefficient (Wildman–Crippen LogP) is 8.57. The van der Waals surface area contributed by atoms with Crippen LogP contribution >= 0.6 is 34.8 Å². The fraction of sp³-hybridized carbons (Fsp3) is 0.324. The summed E-state index contributed by atoms with van der Waals surface area (Å²) in [4.78, 5) is 40.2. The lowest BCUT2D eigenvalue weighted by Crippen LogP contribution is -2.38. The van der Waals surface area contributed by atoms with E-state index in [1.807, 2.05) is 6.07 Å². The Hall–Kier alpha value is -4.38. The molecule has 0 saturated heterocycles. The summed E-state index contributed by atoms with van der Waals surface area (Å²) in [6, 6.07) is 16.0. The molecule has 262 valence electrons. The number of benzene rings is 3. The average molecular weight is 738 g/mol. The van der Waals surface area contributed by atoms with E-state index < -0.39 is 23.8 Å². The largest absolute Gasteiger partial charge is 0.483 e. The number of anilines is 2. The Morgan fingerprint density at radius 1 is 0.900 bits per heavy atom. The van der Waals surface area contributed by atoms with Crippen molar-refractivity contribution < 1.29 is 19.1 Å². The number of carbonyl (C=O) groups excluding carboxylic acids is 3. The number of hydrogen-bond acceptors (Lipinski definition) is 6. The van der Waals surface area contributed by atoms with Crippen molar-refractivity contribution in [2.24, 2.45) is 5.10 Å². The summed E-state index contributed by atoms with van der Waals surface area (Å²) in [6.45, 7) is 12.8. The van der Waals surface area contributed by atoms with Gasteiger partial charge >= 0.3 is 0 Å². The van der Waals surface area contributed by atoms with E-state index in [-0.39, 0.29) is 49.6 Å². The second-order valence-electron chi connectivity index (χ2n) is 13.3. The number of hydrogen-bond donors (Lipinski definition) is 2. The molecule has 0 aliphatic carbocycles. The van der Waals surface area contributed by atoms with Gasteiger partial charge in [0, 0.05) is 34.2 Å². The van der Waals surface area contributed by atoms with Crippen LogP contribution in [-0.2, 0) is 20.4 Å². The van der Waals surface area contributed by atoms with Crippen LogP contribution in [0.4, 0.5) is 11.4 Å². The minimum Gasteiger partial charge on any atom is -0.483 e. The molecular formula is C37H39Cl3N6O4. The predicted molar refractivity (Wildman–Crippen MR) is 199 cm³/mol. The lowest BCUT2D eigenvalue weighted by Gasteiger charge is -2.30. The summed E-state index contributed by atoms with van der Waals surface area (Å²) in [5.74, 6) is -0.863. The fourth-order valence-electron chi connectivity index (χ4n) is 5.37. The van der Waals surface area contributed by atoms with Crippen LogP contribution in [0.15, 0.2) is 78.2 Å². The summed E-state index contributed by atoms with van der Waals surface area (Å²) >= 11 is 18.9. The highest BCUT2D eigenvalue weighted by atomic mass is 35.5. The fourth-order valence-corrected chi connectivity index (χ4v) is 6.35. The molecule has 50 heavy (non-hydrogen) atoms. The third-order valence-corrected chi connectivity index (χ3v) is 9.95. The van der Waals surface area contributed by atoms with Crippen LogP contribution in [0, 0.1) is 0 Å². The van der Waals surface area contributed by atoms with Crippen LogP contribution in [0.5, 0.6) is 5.75 Å². The molecule has 1 aliphatic heterocycles. The molecule has 0 spiro atoms. The zero-order valence-electron chi connectivity index (χ0n) is 28.7. The van der Waals surface area contributed by atoms with Gasteiger partial charge in [0.15, 0.2) is 18.5 Å². The van der Waals surface area contributed by atoms with Crippen molar-refractivity contribution in [3.63, 3.8) is 0 Å². The Morgan fingerprint density at radius 2 is 1.60 bits per heavy atom. The van der Waals surface area contributed by atoms with E-state index >= 15 is 0 Å². The number of carbonyl (C=O) groups is 3. The minimum absolute atomic E-state index is 0.00325. The molecular weight excluding hydrogens is 699 g/mol. The first-order valence-electron chi connectivity index (χ1n) is 16.2. The van der Waals surface area contributed by atoms with Gasteiger partial charge in [0.2, 0.25) is 0 Å². The van der Waals surface area contributed by atoms with Crippen molar-refractivity contribution in [1.29, 1.82) is 0 Å². The number of amidine groups is 1. The number of nitrogens with one attached hydrogen (secondary N) is 2. The molecule has 1 aromatic heterocycles. The van der Waals surface area contributed by atoms with E-state index in [1.165, 1.54) is 34.6 Å². The number of rotatable bonds is 11. The zero-order valence-corrected chi connectivity index (χ0v) is 31.0. The molecule has 10 nitrogen and oxygen atoms in total. The first-order valence-corrected chi connectivity index (χ1v) is 17.3. The third-order valence-electron chi connectivity index (χ3n) is 9.16. The summed E-state index contributed by atoms with van der Waals surface area (Å²) in [6.07, 6.45) is 4.95. The topological polar surface area (TPSA) is 118 Å². The van der Waals surface area contributed by atoms with E-state index in [0.29, 0.717) is 11.4 Å². The van der Waals surface area contributed by atoms with Crippen LogP contribution in [-0.4, -0.2) is 39.9 Å². The molecule has 0 fully saturated rings. The molecule has 2 N–H and O–H groups in total. The molecule has 1 unspecified atom stereocenters. The van der Waals surface area contributed by atoms with Crippen molar-refractivity contribution in [1.82, 2.24) is 15.1 Å². The van der Waals surface area contributed by atoms with E-state index in [4.69, 9.17) is 39.5 Å². The van der Waals surface area contributed by atoms with Gasteiger partial charge in [0.05, 0.1) is 10.0 Å². The summed E-state index contributed by atoms with van der Waals surface area (Å²) in [5, 5.41) is 15.6. The Morgan fingerprint density at radius 3 is 2.24 bits per heavy atom. The molecule has 0 radical (unpaired) electrons. The Kier molecular flexibility index (Phi) is 11.0. The van der Waals surface area contributed by atoms with Crippen molar-refractivity contribution in [2.45, 2.75) is 71.3 Å². The summed E-state index contributed by atoms with van der Waals surface area (Å²) in [5.41, 5.74) is 2.81. The van der Waals surface area contributed by atoms with Gasteiger partial charge in [-0.25, -0.2) is 0 Å². The highest BCUT2D eigenvalue weighted by Crippen LogP contribution is 2.40. The average Bonchev–Trinajstić information content (AvgIpc) is 3.71. The second-order valence-corrected chi connectivity index (χ2v) is 14.6. The quantitative estimate of drug-likeness (QED) is 0.160. The molecule has 0 bridgehead atoms. The molecule has 13 heteroatoms. The highest BCUT2D eigenvalue weighted by molar-refractivity contribution is 6.43. The molecule has 3 aromatic carbocycles. The normalized spacial score (nSPS) is 14.8. The molecule has 5 rings (SSSR count). The SMILES string of the molecule is CCC(C)(C)c1ccc(OCC(=O)Nc2cccc(C(=O)NC3=NN(c4c(Cl)cc(Cl)cc4Cl)C(=O)C3n3cccn3)c2)c(C(C)(C)CC)c1. The van der Waals surface area contributed by atoms with Crippen LogP contribution in [0.2, 0.25) is 15.1 Å². The zero-order chi connectivity index (χ0) is 36.4. The van der Waals surface area contributed by atoms with Crippen molar-refractivity contribution in [3.05, 3.63) is 105 Å². The van der Waals surface area contributed by atoms with E-state index in [1.54, 1.807) is 30.5 Å². The molecule has 1 aliphatic rings.